The minimum absolute atomic E-state index is 0.229. The van der Waals surface area contributed by atoms with E-state index in [1.807, 2.05) is 66.7 Å². The summed E-state index contributed by atoms with van der Waals surface area (Å²) in [6, 6.07) is 25.9. The molecule has 0 bridgehead atoms. The molecular weight excluding hydrogens is 288 g/mol. The first-order chi connectivity index (χ1) is 11.3. The molecule has 2 N–H and O–H groups in total. The summed E-state index contributed by atoms with van der Waals surface area (Å²) in [6.45, 7) is 0. The Morgan fingerprint density at radius 1 is 0.739 bits per heavy atom. The van der Waals surface area contributed by atoms with Gasteiger partial charge < -0.3 is 4.74 Å². The summed E-state index contributed by atoms with van der Waals surface area (Å²) in [4.78, 5) is 12.2. The van der Waals surface area contributed by atoms with E-state index < -0.39 is 0 Å². The lowest BCUT2D eigenvalue weighted by Crippen LogP contribution is -2.29. The first-order valence-corrected chi connectivity index (χ1v) is 7.26. The molecule has 4 heteroatoms. The van der Waals surface area contributed by atoms with Gasteiger partial charge in [-0.1, -0.05) is 42.5 Å². The molecule has 0 heterocycles. The molecular formula is C19H16N2O2. The number of anilines is 1. The van der Waals surface area contributed by atoms with Crippen LogP contribution in [-0.4, -0.2) is 5.91 Å². The molecule has 0 saturated heterocycles. The monoisotopic (exact) mass is 304 g/mol. The molecule has 0 aliphatic carbocycles. The Hall–Kier alpha value is -3.27. The van der Waals surface area contributed by atoms with Gasteiger partial charge in [0.15, 0.2) is 0 Å². The number of hydrogen-bond donors (Lipinski definition) is 2. The summed E-state index contributed by atoms with van der Waals surface area (Å²) in [6.07, 6.45) is 0. The van der Waals surface area contributed by atoms with Crippen molar-refractivity contribution < 1.29 is 9.53 Å². The van der Waals surface area contributed by atoms with Gasteiger partial charge in [-0.3, -0.25) is 15.6 Å². The van der Waals surface area contributed by atoms with Crippen molar-refractivity contribution in [1.29, 1.82) is 0 Å². The van der Waals surface area contributed by atoms with Gasteiger partial charge in [0.1, 0.15) is 11.5 Å². The third-order valence-electron chi connectivity index (χ3n) is 3.17. The van der Waals surface area contributed by atoms with Crippen LogP contribution >= 0.6 is 0 Å². The normalized spacial score (nSPS) is 9.91. The summed E-state index contributed by atoms with van der Waals surface area (Å²) in [5.74, 6) is 1.11. The number of benzene rings is 3. The van der Waals surface area contributed by atoms with Crippen LogP contribution in [0.4, 0.5) is 5.69 Å². The van der Waals surface area contributed by atoms with E-state index in [0.29, 0.717) is 11.3 Å². The second-order valence-corrected chi connectivity index (χ2v) is 4.89. The number of nitrogens with one attached hydrogen (secondary N) is 2. The second kappa shape index (κ2) is 7.13. The van der Waals surface area contributed by atoms with Gasteiger partial charge in [-0.25, -0.2) is 0 Å². The fourth-order valence-corrected chi connectivity index (χ4v) is 2.05. The molecule has 3 aromatic carbocycles. The SMILES string of the molecule is O=C(NNc1ccccc1)c1cccc(Oc2ccccc2)c1. The van der Waals surface area contributed by atoms with Crippen LogP contribution in [0.25, 0.3) is 0 Å². The largest absolute Gasteiger partial charge is 0.457 e. The minimum atomic E-state index is -0.229. The Morgan fingerprint density at radius 3 is 2.13 bits per heavy atom. The van der Waals surface area contributed by atoms with E-state index in [4.69, 9.17) is 4.74 Å². The van der Waals surface area contributed by atoms with Crippen LogP contribution in [0, 0.1) is 0 Å². The number of carbonyl (C=O) groups is 1. The van der Waals surface area contributed by atoms with Gasteiger partial charge in [0, 0.05) is 5.56 Å². The fourth-order valence-electron chi connectivity index (χ4n) is 2.05. The highest BCUT2D eigenvalue weighted by atomic mass is 16.5. The summed E-state index contributed by atoms with van der Waals surface area (Å²) in [5.41, 5.74) is 6.87. The Kier molecular flexibility index (Phi) is 4.55. The number of carbonyl (C=O) groups excluding carboxylic acids is 1. The molecule has 0 spiro atoms. The van der Waals surface area contributed by atoms with Crippen LogP contribution in [-0.2, 0) is 0 Å². The van der Waals surface area contributed by atoms with Crippen LogP contribution < -0.4 is 15.6 Å². The van der Waals surface area contributed by atoms with Crippen LogP contribution in [0.2, 0.25) is 0 Å². The Labute approximate surface area is 134 Å². The summed E-state index contributed by atoms with van der Waals surface area (Å²) in [5, 5.41) is 0. The molecule has 4 nitrogen and oxygen atoms in total. The van der Waals surface area contributed by atoms with Crippen molar-refractivity contribution in [3.8, 4) is 11.5 Å². The molecule has 0 aliphatic heterocycles. The molecule has 0 saturated carbocycles. The van der Waals surface area contributed by atoms with E-state index in [1.165, 1.54) is 0 Å². The molecule has 0 aromatic heterocycles. The highest BCUT2D eigenvalue weighted by Crippen LogP contribution is 2.21. The van der Waals surface area contributed by atoms with Crippen molar-refractivity contribution >= 4 is 11.6 Å². The van der Waals surface area contributed by atoms with Crippen molar-refractivity contribution in [2.45, 2.75) is 0 Å². The maximum absolute atomic E-state index is 12.2. The number of ether oxygens (including phenoxy) is 1. The zero-order valence-corrected chi connectivity index (χ0v) is 12.4. The standard InChI is InChI=1S/C19H16N2O2/c22-19(21-20-16-9-3-1-4-10-16)15-8-7-13-18(14-15)23-17-11-5-2-6-12-17/h1-14,20H,(H,21,22). The van der Waals surface area contributed by atoms with Gasteiger partial charge in [0.2, 0.25) is 0 Å². The van der Waals surface area contributed by atoms with E-state index in [-0.39, 0.29) is 5.91 Å². The number of hydrogen-bond acceptors (Lipinski definition) is 3. The maximum atomic E-state index is 12.2. The third-order valence-corrected chi connectivity index (χ3v) is 3.17. The number of hydrazine groups is 1. The lowest BCUT2D eigenvalue weighted by atomic mass is 10.2. The number of amides is 1. The first kappa shape index (κ1) is 14.7. The molecule has 23 heavy (non-hydrogen) atoms. The van der Waals surface area contributed by atoms with E-state index in [2.05, 4.69) is 10.9 Å². The van der Waals surface area contributed by atoms with Gasteiger partial charge in [0.25, 0.3) is 5.91 Å². The van der Waals surface area contributed by atoms with Gasteiger partial charge >= 0.3 is 0 Å². The Morgan fingerprint density at radius 2 is 1.39 bits per heavy atom. The van der Waals surface area contributed by atoms with Gasteiger partial charge in [-0.15, -0.1) is 0 Å². The Bertz CT molecular complexity index is 774. The van der Waals surface area contributed by atoms with Crippen LogP contribution in [0.5, 0.6) is 11.5 Å². The van der Waals surface area contributed by atoms with E-state index >= 15 is 0 Å². The van der Waals surface area contributed by atoms with Crippen LogP contribution in [0.3, 0.4) is 0 Å². The van der Waals surface area contributed by atoms with Crippen molar-refractivity contribution in [1.82, 2.24) is 5.43 Å². The molecule has 3 aromatic rings. The van der Waals surface area contributed by atoms with E-state index in [9.17, 15) is 4.79 Å². The van der Waals surface area contributed by atoms with Crippen molar-refractivity contribution in [3.63, 3.8) is 0 Å². The highest BCUT2D eigenvalue weighted by molar-refractivity contribution is 5.95. The maximum Gasteiger partial charge on any atom is 0.269 e. The summed E-state index contributed by atoms with van der Waals surface area (Å²) in [7, 11) is 0. The van der Waals surface area contributed by atoms with Crippen LogP contribution in [0.15, 0.2) is 84.9 Å². The topological polar surface area (TPSA) is 50.4 Å². The smallest absolute Gasteiger partial charge is 0.269 e. The van der Waals surface area contributed by atoms with Gasteiger partial charge in [-0.2, -0.15) is 0 Å². The lowest BCUT2D eigenvalue weighted by molar-refractivity contribution is 0.0962. The lowest BCUT2D eigenvalue weighted by Gasteiger charge is -2.10. The summed E-state index contributed by atoms with van der Waals surface area (Å²) >= 11 is 0. The van der Waals surface area contributed by atoms with Crippen LogP contribution in [0.1, 0.15) is 10.4 Å². The predicted octanol–water partition coefficient (Wildman–Crippen LogP) is 4.24. The average molecular weight is 304 g/mol. The third kappa shape index (κ3) is 4.11. The first-order valence-electron chi connectivity index (χ1n) is 7.26. The van der Waals surface area contributed by atoms with Crippen molar-refractivity contribution in [2.24, 2.45) is 0 Å². The van der Waals surface area contributed by atoms with Gasteiger partial charge in [0.05, 0.1) is 5.69 Å². The predicted molar refractivity (Wildman–Crippen MR) is 90.5 cm³/mol. The molecule has 3 rings (SSSR count). The second-order valence-electron chi connectivity index (χ2n) is 4.89. The average Bonchev–Trinajstić information content (AvgIpc) is 2.62. The minimum Gasteiger partial charge on any atom is -0.457 e. The zero-order valence-electron chi connectivity index (χ0n) is 12.4. The molecule has 0 atom stereocenters. The number of rotatable bonds is 5. The highest BCUT2D eigenvalue weighted by Gasteiger charge is 2.07. The number of para-hydroxylation sites is 2. The molecule has 0 aliphatic rings. The molecule has 0 unspecified atom stereocenters. The molecule has 1 amide bonds. The summed E-state index contributed by atoms with van der Waals surface area (Å²) < 4.78 is 5.73. The Balaban J connectivity index is 1.65. The molecule has 114 valence electrons. The van der Waals surface area contributed by atoms with Crippen molar-refractivity contribution in [3.05, 3.63) is 90.5 Å². The quantitative estimate of drug-likeness (QED) is 0.693. The zero-order chi connectivity index (χ0) is 15.9. The van der Waals surface area contributed by atoms with E-state index in [1.54, 1.807) is 18.2 Å². The van der Waals surface area contributed by atoms with Gasteiger partial charge in [-0.05, 0) is 42.5 Å². The van der Waals surface area contributed by atoms with Crippen molar-refractivity contribution in [2.75, 3.05) is 5.43 Å². The van der Waals surface area contributed by atoms with E-state index in [0.717, 1.165) is 11.4 Å². The molecule has 0 radical (unpaired) electrons. The fraction of sp³-hybridized carbons (Fsp3) is 0. The molecule has 0 fully saturated rings.